The number of carbonyl (C=O) groups is 7. The number of esters is 2. The first-order chi connectivity index (χ1) is 30.0. The summed E-state index contributed by atoms with van der Waals surface area (Å²) in [7, 11) is 0. The van der Waals surface area contributed by atoms with Crippen LogP contribution < -0.4 is 21.3 Å². The highest BCUT2D eigenvalue weighted by atomic mass is 127. The largest absolute Gasteiger partial charge is 0.452 e. The lowest BCUT2D eigenvalue weighted by Crippen LogP contribution is -2.60. The van der Waals surface area contributed by atoms with E-state index in [9.17, 15) is 33.6 Å². The molecule has 0 saturated carbocycles. The molecule has 1 heterocycles. The number of rotatable bonds is 26. The van der Waals surface area contributed by atoms with Gasteiger partial charge < -0.3 is 35.5 Å². The number of hydrogen-bond acceptors (Lipinski definition) is 11. The van der Waals surface area contributed by atoms with Crippen LogP contribution in [0.3, 0.4) is 0 Å². The fourth-order valence-corrected chi connectivity index (χ4v) is 7.45. The molecule has 344 valence electrons. The van der Waals surface area contributed by atoms with E-state index in [0.29, 0.717) is 32.7 Å². The molecule has 63 heavy (non-hydrogen) atoms. The van der Waals surface area contributed by atoms with Crippen LogP contribution in [0, 0.1) is 24.2 Å². The summed E-state index contributed by atoms with van der Waals surface area (Å²) in [5.41, 5.74) is 0.0332. The van der Waals surface area contributed by atoms with Crippen LogP contribution in [0.25, 0.3) is 0 Å². The molecule has 1 aliphatic rings. The Hall–Kier alpha value is -4.86. The van der Waals surface area contributed by atoms with Crippen molar-refractivity contribution in [3.05, 3.63) is 71.8 Å². The van der Waals surface area contributed by atoms with Gasteiger partial charge >= 0.3 is 11.9 Å². The Morgan fingerprint density at radius 1 is 0.746 bits per heavy atom. The van der Waals surface area contributed by atoms with Crippen LogP contribution in [0.1, 0.15) is 77.8 Å². The summed E-state index contributed by atoms with van der Waals surface area (Å²) in [6.07, 6.45) is 5.70. The van der Waals surface area contributed by atoms with Crippen molar-refractivity contribution in [1.82, 2.24) is 26.2 Å². The van der Waals surface area contributed by atoms with E-state index in [1.807, 2.05) is 104 Å². The molecule has 1 fully saturated rings. The molecular weight excluding hydrogens is 921 g/mol. The number of Topliss-reactive ketones (excluding diaryl/α,β-unsaturated/α-hetero) is 1. The van der Waals surface area contributed by atoms with Crippen molar-refractivity contribution < 1.29 is 47.8 Å². The highest BCUT2D eigenvalue weighted by molar-refractivity contribution is 14.1. The van der Waals surface area contributed by atoms with E-state index in [-0.39, 0.29) is 73.8 Å². The zero-order valence-corrected chi connectivity index (χ0v) is 39.3. The number of ether oxygens (including phenoxy) is 3. The van der Waals surface area contributed by atoms with Crippen LogP contribution in [-0.4, -0.2) is 120 Å². The minimum atomic E-state index is -1.67. The number of morpholine rings is 1. The van der Waals surface area contributed by atoms with E-state index in [0.717, 1.165) is 11.1 Å². The summed E-state index contributed by atoms with van der Waals surface area (Å²) in [6, 6.07) is 14.3. The van der Waals surface area contributed by atoms with Crippen molar-refractivity contribution in [2.45, 2.75) is 109 Å². The molecule has 4 amide bonds. The fourth-order valence-electron chi connectivity index (χ4n) is 6.92. The topological polar surface area (TPSA) is 199 Å². The number of amides is 4. The second-order valence-corrected chi connectivity index (χ2v) is 17.5. The number of nitrogens with zero attached hydrogens (tertiary/aromatic N) is 1. The monoisotopic (exact) mass is 985 g/mol. The molecule has 4 N–H and O–H groups in total. The van der Waals surface area contributed by atoms with Gasteiger partial charge in [0.15, 0.2) is 18.0 Å². The number of aryl methyl sites for hydroxylation is 1. The van der Waals surface area contributed by atoms with E-state index >= 15 is 0 Å². The van der Waals surface area contributed by atoms with Crippen molar-refractivity contribution in [3.8, 4) is 12.3 Å². The van der Waals surface area contributed by atoms with Gasteiger partial charge in [0.2, 0.25) is 23.6 Å². The normalized spacial score (nSPS) is 15.7. The van der Waals surface area contributed by atoms with E-state index in [2.05, 4.69) is 27.2 Å². The minimum absolute atomic E-state index is 0.0438. The first kappa shape index (κ1) is 52.5. The molecule has 0 aromatic heterocycles. The second kappa shape index (κ2) is 27.4. The van der Waals surface area contributed by atoms with Crippen LogP contribution in [0.2, 0.25) is 0 Å². The van der Waals surface area contributed by atoms with E-state index in [1.54, 1.807) is 12.1 Å². The maximum absolute atomic E-state index is 14.4. The minimum Gasteiger partial charge on any atom is -0.452 e. The summed E-state index contributed by atoms with van der Waals surface area (Å²) in [5.74, 6) is -2.16. The predicted molar refractivity (Wildman–Crippen MR) is 246 cm³/mol. The third kappa shape index (κ3) is 19.2. The fraction of sp³-hybridized carbons (Fsp3) is 0.553. The molecule has 0 aliphatic carbocycles. The van der Waals surface area contributed by atoms with Gasteiger partial charge in [0, 0.05) is 23.9 Å². The molecule has 0 radical (unpaired) electrons. The van der Waals surface area contributed by atoms with Crippen LogP contribution >= 0.6 is 22.6 Å². The maximum Gasteiger partial charge on any atom is 0.307 e. The van der Waals surface area contributed by atoms with Crippen molar-refractivity contribution >= 4 is 63.9 Å². The number of terminal acetylenes is 1. The molecule has 5 atom stereocenters. The van der Waals surface area contributed by atoms with Gasteiger partial charge in [-0.1, -0.05) is 117 Å². The Labute approximate surface area is 385 Å². The van der Waals surface area contributed by atoms with Crippen molar-refractivity contribution in [2.75, 3.05) is 43.9 Å². The molecule has 0 bridgehead atoms. The van der Waals surface area contributed by atoms with Crippen molar-refractivity contribution in [1.29, 1.82) is 0 Å². The lowest BCUT2D eigenvalue weighted by Gasteiger charge is -2.32. The third-order valence-electron chi connectivity index (χ3n) is 10.2. The molecule has 2 aromatic carbocycles. The second-order valence-electron chi connectivity index (χ2n) is 16.7. The molecule has 2 aromatic rings. The number of hydrogen-bond donors (Lipinski definition) is 4. The number of ketones is 1. The van der Waals surface area contributed by atoms with Gasteiger partial charge in [-0.05, 0) is 55.6 Å². The van der Waals surface area contributed by atoms with E-state index < -0.39 is 65.2 Å². The standard InChI is InChI=1S/C47H64IN5O10/c1-7-24-62-41(55)20-21-42(56)63-47(6,31-48)43(57)37(27-32(2)3)50-46(60)39(29-35-16-12-9-13-17-35)52-45(59)38(28-33(4)5)51-44(58)36(19-18-34-14-10-8-11-15-34)49-40(54)30-53-22-25-61-26-23-53/h1,8-17,32-33,36-39H,18-31H2,2-6H3,(H,49,54)(H,50,60)(H,51,58)(H,52,59)/t36-,37-,38-,39-,47?/m0/s1. The van der Waals surface area contributed by atoms with Gasteiger partial charge in [-0.25, -0.2) is 0 Å². The maximum atomic E-state index is 14.4. The highest BCUT2D eigenvalue weighted by Gasteiger charge is 2.42. The lowest BCUT2D eigenvalue weighted by molar-refractivity contribution is -0.165. The predicted octanol–water partition coefficient (Wildman–Crippen LogP) is 3.49. The Morgan fingerprint density at radius 2 is 1.27 bits per heavy atom. The summed E-state index contributed by atoms with van der Waals surface area (Å²) in [6.45, 7) is 11.1. The highest BCUT2D eigenvalue weighted by Crippen LogP contribution is 2.23. The Kier molecular flexibility index (Phi) is 22.8. The number of benzene rings is 2. The summed E-state index contributed by atoms with van der Waals surface area (Å²) in [4.78, 5) is 97.1. The Balaban J connectivity index is 1.85. The quantitative estimate of drug-likeness (QED) is 0.0466. The van der Waals surface area contributed by atoms with Gasteiger partial charge in [-0.15, -0.1) is 6.42 Å². The van der Waals surface area contributed by atoms with Crippen LogP contribution in [-0.2, 0) is 60.6 Å². The molecule has 0 spiro atoms. The van der Waals surface area contributed by atoms with E-state index in [1.165, 1.54) is 6.92 Å². The molecule has 3 rings (SSSR count). The SMILES string of the molecule is C#CCOC(=O)CCC(=O)OC(C)(CI)C(=O)[C@H](CC(C)C)NC(=O)[C@H](Cc1ccccc1)NC(=O)[C@H](CC(C)C)NC(=O)[C@H](CCc1ccccc1)NC(=O)CN1CCOCC1. The zero-order chi connectivity index (χ0) is 46.4. The first-order valence-corrected chi connectivity index (χ1v) is 23.1. The summed E-state index contributed by atoms with van der Waals surface area (Å²) >= 11 is 1.93. The van der Waals surface area contributed by atoms with Gasteiger partial charge in [-0.3, -0.25) is 38.5 Å². The number of alkyl halides is 1. The van der Waals surface area contributed by atoms with Crippen molar-refractivity contribution in [2.24, 2.45) is 11.8 Å². The van der Waals surface area contributed by atoms with Gasteiger partial charge in [0.1, 0.15) is 18.1 Å². The number of carbonyl (C=O) groups excluding carboxylic acids is 7. The first-order valence-electron chi connectivity index (χ1n) is 21.5. The van der Waals surface area contributed by atoms with Gasteiger partial charge in [0.05, 0.1) is 38.6 Å². The van der Waals surface area contributed by atoms with Crippen LogP contribution in [0.5, 0.6) is 0 Å². The number of halogens is 1. The lowest BCUT2D eigenvalue weighted by atomic mass is 9.90. The summed E-state index contributed by atoms with van der Waals surface area (Å²) < 4.78 is 15.9. The molecular formula is C47H64IN5O10. The van der Waals surface area contributed by atoms with E-state index in [4.69, 9.17) is 20.6 Å². The zero-order valence-electron chi connectivity index (χ0n) is 37.1. The average molecular weight is 986 g/mol. The molecule has 16 heteroatoms. The Bertz CT molecular complexity index is 1850. The number of nitrogens with one attached hydrogen (secondary N) is 4. The Morgan fingerprint density at radius 3 is 1.86 bits per heavy atom. The molecule has 1 aliphatic heterocycles. The molecule has 15 nitrogen and oxygen atoms in total. The van der Waals surface area contributed by atoms with Crippen molar-refractivity contribution in [3.63, 3.8) is 0 Å². The van der Waals surface area contributed by atoms with Gasteiger partial charge in [-0.2, -0.15) is 0 Å². The van der Waals surface area contributed by atoms with Crippen LogP contribution in [0.15, 0.2) is 60.7 Å². The smallest absolute Gasteiger partial charge is 0.307 e. The van der Waals surface area contributed by atoms with Gasteiger partial charge in [0.25, 0.3) is 0 Å². The van der Waals surface area contributed by atoms with Crippen LogP contribution in [0.4, 0.5) is 0 Å². The third-order valence-corrected chi connectivity index (χ3v) is 11.7. The average Bonchev–Trinajstić information content (AvgIpc) is 3.25. The molecule has 1 unspecified atom stereocenters. The summed E-state index contributed by atoms with van der Waals surface area (Å²) in [5, 5.41) is 11.5. The molecule has 1 saturated heterocycles.